The van der Waals surface area contributed by atoms with Crippen LogP contribution in [0, 0.1) is 5.92 Å². The molecule has 9 heteroatoms. The van der Waals surface area contributed by atoms with Crippen LogP contribution in [0.1, 0.15) is 53.8 Å². The van der Waals surface area contributed by atoms with Crippen molar-refractivity contribution in [2.45, 2.75) is 44.8 Å². The number of aliphatic hydroxyl groups excluding tert-OH is 1. The molecule has 5 rings (SSSR count). The molecule has 40 heavy (non-hydrogen) atoms. The van der Waals surface area contributed by atoms with Crippen molar-refractivity contribution in [2.75, 3.05) is 13.7 Å². The first kappa shape index (κ1) is 27.2. The van der Waals surface area contributed by atoms with Gasteiger partial charge in [-0.15, -0.1) is 0 Å². The lowest BCUT2D eigenvalue weighted by molar-refractivity contribution is -0.137. The van der Waals surface area contributed by atoms with Crippen molar-refractivity contribution in [1.82, 2.24) is 14.9 Å². The van der Waals surface area contributed by atoms with Gasteiger partial charge in [-0.1, -0.05) is 68.3 Å². The first-order valence-electron chi connectivity index (χ1n) is 13.4. The van der Waals surface area contributed by atoms with Crippen LogP contribution >= 0.6 is 0 Å². The maximum absolute atomic E-state index is 14.0. The quantitative estimate of drug-likeness (QED) is 0.232. The average Bonchev–Trinajstić information content (AvgIpc) is 3.34. The van der Waals surface area contributed by atoms with Gasteiger partial charge >= 0.3 is 12.1 Å². The molecule has 1 aliphatic rings. The van der Waals surface area contributed by atoms with Crippen LogP contribution in [0.15, 0.2) is 66.7 Å². The van der Waals surface area contributed by atoms with Crippen LogP contribution in [0.5, 0.6) is 0 Å². The summed E-state index contributed by atoms with van der Waals surface area (Å²) >= 11 is 0. The molecule has 206 valence electrons. The highest BCUT2D eigenvalue weighted by atomic mass is 16.6. The standard InChI is InChI=1S/C31H31N3O6/c1-3-4-12-23(29(36)34-20(18-40-31(34)38)17-19-10-6-5-7-11-19)28(35)21-13-8-15-24-26(21)32-25-16-9-14-22(27(25)33-24)30(37)39-2/h5-11,13-16,20,23,28,35H,3-4,12,17-18H2,1-2H3/t20-,23+,28+/m1/s1. The van der Waals surface area contributed by atoms with E-state index in [1.165, 1.54) is 12.0 Å². The van der Waals surface area contributed by atoms with Gasteiger partial charge in [-0.25, -0.2) is 24.5 Å². The van der Waals surface area contributed by atoms with Crippen molar-refractivity contribution >= 4 is 40.0 Å². The summed E-state index contributed by atoms with van der Waals surface area (Å²) in [6.45, 7) is 2.11. The molecule has 4 aromatic rings. The number of para-hydroxylation sites is 2. The number of hydrogen-bond donors (Lipinski definition) is 1. The number of unbranched alkanes of at least 4 members (excludes halogenated alkanes) is 1. The van der Waals surface area contributed by atoms with Gasteiger partial charge in [0.05, 0.1) is 47.3 Å². The SMILES string of the molecule is CCCC[C@H](C(=O)N1C(=O)OC[C@H]1Cc1ccccc1)[C@@H](O)c1cccc2nc3c(C(=O)OC)cccc3nc12. The first-order chi connectivity index (χ1) is 19.4. The molecule has 1 fully saturated rings. The minimum Gasteiger partial charge on any atom is -0.465 e. The van der Waals surface area contributed by atoms with E-state index in [1.54, 1.807) is 36.4 Å². The minimum absolute atomic E-state index is 0.102. The Kier molecular flexibility index (Phi) is 8.02. The molecule has 1 aliphatic heterocycles. The largest absolute Gasteiger partial charge is 0.465 e. The Balaban J connectivity index is 1.52. The number of aliphatic hydroxyl groups is 1. The zero-order valence-electron chi connectivity index (χ0n) is 22.4. The fraction of sp³-hybridized carbons (Fsp3) is 0.323. The monoisotopic (exact) mass is 541 g/mol. The van der Waals surface area contributed by atoms with Crippen LogP contribution in [0.4, 0.5) is 4.79 Å². The van der Waals surface area contributed by atoms with Gasteiger partial charge < -0.3 is 14.6 Å². The van der Waals surface area contributed by atoms with E-state index in [4.69, 9.17) is 14.5 Å². The second kappa shape index (κ2) is 11.8. The second-order valence-electron chi connectivity index (χ2n) is 9.93. The van der Waals surface area contributed by atoms with E-state index in [0.717, 1.165) is 12.0 Å². The van der Waals surface area contributed by atoms with Gasteiger partial charge in [-0.05, 0) is 36.6 Å². The molecule has 1 aromatic heterocycles. The molecule has 0 radical (unpaired) electrons. The Bertz CT molecular complexity index is 1560. The lowest BCUT2D eigenvalue weighted by Gasteiger charge is -2.28. The number of amides is 2. The summed E-state index contributed by atoms with van der Waals surface area (Å²) in [5.41, 5.74) is 3.42. The summed E-state index contributed by atoms with van der Waals surface area (Å²) in [6, 6.07) is 19.4. The van der Waals surface area contributed by atoms with Crippen molar-refractivity contribution in [2.24, 2.45) is 5.92 Å². The van der Waals surface area contributed by atoms with Gasteiger partial charge in [0.1, 0.15) is 12.1 Å². The van der Waals surface area contributed by atoms with E-state index in [2.05, 4.69) is 4.98 Å². The molecule has 0 unspecified atom stereocenters. The number of carbonyl (C=O) groups is 3. The number of methoxy groups -OCH3 is 1. The Morgan fingerprint density at radius 3 is 2.45 bits per heavy atom. The smallest absolute Gasteiger partial charge is 0.416 e. The van der Waals surface area contributed by atoms with E-state index in [-0.39, 0.29) is 12.2 Å². The molecule has 3 atom stereocenters. The molecule has 0 saturated carbocycles. The van der Waals surface area contributed by atoms with Crippen LogP contribution in [-0.2, 0) is 20.7 Å². The third-order valence-corrected chi connectivity index (χ3v) is 7.33. The van der Waals surface area contributed by atoms with Crippen LogP contribution in [-0.4, -0.2) is 57.7 Å². The highest BCUT2D eigenvalue weighted by Crippen LogP contribution is 2.34. The number of ether oxygens (including phenoxy) is 2. The summed E-state index contributed by atoms with van der Waals surface area (Å²) in [4.78, 5) is 49.6. The lowest BCUT2D eigenvalue weighted by atomic mass is 9.88. The predicted molar refractivity (Wildman–Crippen MR) is 148 cm³/mol. The number of esters is 1. The number of carbonyl (C=O) groups excluding carboxylic acids is 3. The fourth-order valence-electron chi connectivity index (χ4n) is 5.26. The molecule has 9 nitrogen and oxygen atoms in total. The molecule has 0 spiro atoms. The lowest BCUT2D eigenvalue weighted by Crippen LogP contribution is -2.45. The number of aromatic nitrogens is 2. The Morgan fingerprint density at radius 1 is 1.02 bits per heavy atom. The Hall–Kier alpha value is -4.37. The molecule has 1 N–H and O–H groups in total. The first-order valence-corrected chi connectivity index (χ1v) is 13.4. The third kappa shape index (κ3) is 5.24. The molecule has 0 bridgehead atoms. The van der Waals surface area contributed by atoms with E-state index in [1.807, 2.05) is 37.3 Å². The molecule has 1 saturated heterocycles. The molecular formula is C31H31N3O6. The van der Waals surface area contributed by atoms with Crippen molar-refractivity contribution in [3.05, 3.63) is 83.4 Å². The predicted octanol–water partition coefficient (Wildman–Crippen LogP) is 5.00. The number of cyclic esters (lactones) is 1. The molecule has 2 heterocycles. The van der Waals surface area contributed by atoms with Crippen molar-refractivity contribution < 1.29 is 29.0 Å². The van der Waals surface area contributed by atoms with Gasteiger partial charge in [-0.3, -0.25) is 4.79 Å². The molecule has 3 aromatic carbocycles. The van der Waals surface area contributed by atoms with Gasteiger partial charge in [0, 0.05) is 5.56 Å². The van der Waals surface area contributed by atoms with Gasteiger partial charge in [0.15, 0.2) is 0 Å². The fourth-order valence-corrected chi connectivity index (χ4v) is 5.26. The normalized spacial score (nSPS) is 16.6. The van der Waals surface area contributed by atoms with E-state index < -0.39 is 36.0 Å². The molecular weight excluding hydrogens is 510 g/mol. The van der Waals surface area contributed by atoms with Crippen LogP contribution in [0.2, 0.25) is 0 Å². The van der Waals surface area contributed by atoms with E-state index in [0.29, 0.717) is 46.9 Å². The van der Waals surface area contributed by atoms with Crippen LogP contribution in [0.25, 0.3) is 22.1 Å². The van der Waals surface area contributed by atoms with Crippen molar-refractivity contribution in [1.29, 1.82) is 0 Å². The van der Waals surface area contributed by atoms with Gasteiger partial charge in [0.25, 0.3) is 0 Å². The summed E-state index contributed by atoms with van der Waals surface area (Å²) in [7, 11) is 1.30. The minimum atomic E-state index is -1.25. The number of imide groups is 1. The van der Waals surface area contributed by atoms with Crippen LogP contribution in [0.3, 0.4) is 0 Å². The zero-order chi connectivity index (χ0) is 28.2. The van der Waals surface area contributed by atoms with Gasteiger partial charge in [-0.2, -0.15) is 0 Å². The summed E-state index contributed by atoms with van der Waals surface area (Å²) in [5.74, 6) is -1.89. The third-order valence-electron chi connectivity index (χ3n) is 7.33. The maximum Gasteiger partial charge on any atom is 0.416 e. The topological polar surface area (TPSA) is 119 Å². The molecule has 2 amide bonds. The highest BCUT2D eigenvalue weighted by molar-refractivity contribution is 6.03. The number of fused-ring (bicyclic) bond motifs is 2. The number of hydrogen-bond acceptors (Lipinski definition) is 8. The average molecular weight is 542 g/mol. The van der Waals surface area contributed by atoms with E-state index in [9.17, 15) is 19.5 Å². The van der Waals surface area contributed by atoms with Crippen LogP contribution < -0.4 is 0 Å². The summed E-state index contributed by atoms with van der Waals surface area (Å²) in [5, 5.41) is 11.7. The van der Waals surface area contributed by atoms with E-state index >= 15 is 0 Å². The number of benzene rings is 3. The zero-order valence-corrected chi connectivity index (χ0v) is 22.4. The second-order valence-corrected chi connectivity index (χ2v) is 9.93. The van der Waals surface area contributed by atoms with Crippen molar-refractivity contribution in [3.8, 4) is 0 Å². The number of nitrogens with zero attached hydrogens (tertiary/aromatic N) is 3. The van der Waals surface area contributed by atoms with Crippen molar-refractivity contribution in [3.63, 3.8) is 0 Å². The number of rotatable bonds is 9. The molecule has 0 aliphatic carbocycles. The maximum atomic E-state index is 14.0. The summed E-state index contributed by atoms with van der Waals surface area (Å²) < 4.78 is 10.2. The Morgan fingerprint density at radius 2 is 1.73 bits per heavy atom. The highest BCUT2D eigenvalue weighted by Gasteiger charge is 2.43. The summed E-state index contributed by atoms with van der Waals surface area (Å²) in [6.07, 6.45) is 0.389. The van der Waals surface area contributed by atoms with Gasteiger partial charge in [0.2, 0.25) is 5.91 Å². The Labute approximate surface area is 231 Å².